The fraction of sp³-hybridized carbons (Fsp3) is 0.217. The van der Waals surface area contributed by atoms with Gasteiger partial charge in [0.2, 0.25) is 11.8 Å². The van der Waals surface area contributed by atoms with Gasteiger partial charge < -0.3 is 30.6 Å². The second-order valence-electron chi connectivity index (χ2n) is 7.73. The summed E-state index contributed by atoms with van der Waals surface area (Å²) >= 11 is 0. The molecule has 8 heteroatoms. The number of benzene rings is 2. The third-order valence-corrected chi connectivity index (χ3v) is 5.45. The lowest BCUT2D eigenvalue weighted by atomic mass is 10.2. The minimum atomic E-state index is 0.459. The third-order valence-electron chi connectivity index (χ3n) is 5.45. The van der Waals surface area contributed by atoms with E-state index in [0.717, 1.165) is 37.3 Å². The van der Waals surface area contributed by atoms with Crippen LogP contribution in [0, 0.1) is 0 Å². The second kappa shape index (κ2) is 8.16. The summed E-state index contributed by atoms with van der Waals surface area (Å²) in [5.74, 6) is 1.55. The van der Waals surface area contributed by atoms with Gasteiger partial charge in [0.25, 0.3) is 0 Å². The first-order chi connectivity index (χ1) is 15.1. The number of likely N-dealkylation sites (N-methyl/N-ethyl adjacent to an activating group) is 1. The first-order valence-corrected chi connectivity index (χ1v) is 10.3. The van der Waals surface area contributed by atoms with Crippen LogP contribution in [0.3, 0.4) is 0 Å². The minimum Gasteiger partial charge on any atom is -0.438 e. The molecular weight excluding hydrogens is 390 g/mol. The molecule has 8 nitrogen and oxygen atoms in total. The number of nitrogen functional groups attached to an aromatic ring is 1. The summed E-state index contributed by atoms with van der Waals surface area (Å²) in [5.41, 5.74) is 9.35. The first-order valence-electron chi connectivity index (χ1n) is 10.3. The largest absolute Gasteiger partial charge is 0.438 e. The SMILES string of the molecule is CN1CCN(c2ccc(Nc3nc(Oc4cccc(N)c4)c4cc[nH]c4n3)cc2)CC1. The summed E-state index contributed by atoms with van der Waals surface area (Å²) in [6.07, 6.45) is 1.82. The van der Waals surface area contributed by atoms with Gasteiger partial charge in [-0.05, 0) is 49.5 Å². The highest BCUT2D eigenvalue weighted by molar-refractivity contribution is 5.82. The topological polar surface area (TPSA) is 95.3 Å². The number of piperazine rings is 1. The Bertz CT molecular complexity index is 1180. The average Bonchev–Trinajstić information content (AvgIpc) is 3.24. The Morgan fingerprint density at radius 2 is 1.81 bits per heavy atom. The van der Waals surface area contributed by atoms with Gasteiger partial charge >= 0.3 is 0 Å². The van der Waals surface area contributed by atoms with Crippen molar-refractivity contribution in [1.82, 2.24) is 19.9 Å². The van der Waals surface area contributed by atoms with Crippen molar-refractivity contribution in [2.24, 2.45) is 0 Å². The molecule has 0 unspecified atom stereocenters. The van der Waals surface area contributed by atoms with Crippen molar-refractivity contribution in [2.45, 2.75) is 0 Å². The van der Waals surface area contributed by atoms with Crippen molar-refractivity contribution >= 4 is 34.0 Å². The summed E-state index contributed by atoms with van der Waals surface area (Å²) in [6.45, 7) is 4.25. The summed E-state index contributed by atoms with van der Waals surface area (Å²) in [7, 11) is 2.16. The van der Waals surface area contributed by atoms with Crippen LogP contribution in [-0.2, 0) is 0 Å². The Morgan fingerprint density at radius 1 is 1.00 bits per heavy atom. The number of nitrogens with two attached hydrogens (primary N) is 1. The van der Waals surface area contributed by atoms with E-state index >= 15 is 0 Å². The fourth-order valence-electron chi connectivity index (χ4n) is 3.69. The predicted molar refractivity (Wildman–Crippen MR) is 124 cm³/mol. The molecule has 0 bridgehead atoms. The zero-order valence-corrected chi connectivity index (χ0v) is 17.4. The van der Waals surface area contributed by atoms with E-state index in [-0.39, 0.29) is 0 Å². The van der Waals surface area contributed by atoms with Crippen LogP contribution in [0.4, 0.5) is 23.0 Å². The predicted octanol–water partition coefficient (Wildman–Crippen LogP) is 3.83. The number of ether oxygens (including phenoxy) is 1. The van der Waals surface area contributed by atoms with Gasteiger partial charge in [-0.2, -0.15) is 9.97 Å². The molecule has 1 aliphatic rings. The highest BCUT2D eigenvalue weighted by Gasteiger charge is 2.15. The lowest BCUT2D eigenvalue weighted by Crippen LogP contribution is -2.44. The normalized spacial score (nSPS) is 14.7. The van der Waals surface area contributed by atoms with Crippen molar-refractivity contribution in [3.63, 3.8) is 0 Å². The Hall–Kier alpha value is -3.78. The molecule has 2 aromatic carbocycles. The molecule has 0 saturated carbocycles. The van der Waals surface area contributed by atoms with Gasteiger partial charge in [-0.25, -0.2) is 0 Å². The molecule has 31 heavy (non-hydrogen) atoms. The molecule has 0 amide bonds. The zero-order chi connectivity index (χ0) is 21.2. The molecule has 4 N–H and O–H groups in total. The summed E-state index contributed by atoms with van der Waals surface area (Å²) in [5, 5.41) is 4.09. The van der Waals surface area contributed by atoms with E-state index in [1.54, 1.807) is 6.07 Å². The zero-order valence-electron chi connectivity index (χ0n) is 17.4. The van der Waals surface area contributed by atoms with E-state index in [2.05, 4.69) is 49.2 Å². The van der Waals surface area contributed by atoms with Gasteiger partial charge in [0.1, 0.15) is 11.4 Å². The summed E-state index contributed by atoms with van der Waals surface area (Å²) < 4.78 is 6.01. The first kappa shape index (κ1) is 19.2. The van der Waals surface area contributed by atoms with Crippen molar-refractivity contribution in [3.05, 3.63) is 60.8 Å². The third kappa shape index (κ3) is 4.24. The minimum absolute atomic E-state index is 0.459. The van der Waals surface area contributed by atoms with Gasteiger partial charge in [-0.1, -0.05) is 6.07 Å². The van der Waals surface area contributed by atoms with Crippen molar-refractivity contribution in [3.8, 4) is 11.6 Å². The number of hydrogen-bond acceptors (Lipinski definition) is 7. The number of aromatic nitrogens is 3. The number of fused-ring (bicyclic) bond motifs is 1. The molecule has 0 atom stereocenters. The molecule has 0 aliphatic carbocycles. The molecule has 158 valence electrons. The maximum atomic E-state index is 6.01. The van der Waals surface area contributed by atoms with E-state index in [0.29, 0.717) is 28.9 Å². The van der Waals surface area contributed by atoms with Gasteiger partial charge in [0.15, 0.2) is 0 Å². The van der Waals surface area contributed by atoms with Gasteiger partial charge in [-0.3, -0.25) is 0 Å². The smallest absolute Gasteiger partial charge is 0.233 e. The van der Waals surface area contributed by atoms with Crippen molar-refractivity contribution in [2.75, 3.05) is 49.2 Å². The van der Waals surface area contributed by atoms with Crippen LogP contribution in [0.5, 0.6) is 11.6 Å². The van der Waals surface area contributed by atoms with Gasteiger partial charge in [-0.15, -0.1) is 0 Å². The average molecular weight is 416 g/mol. The number of nitrogens with zero attached hydrogens (tertiary/aromatic N) is 4. The Morgan fingerprint density at radius 3 is 2.58 bits per heavy atom. The second-order valence-corrected chi connectivity index (χ2v) is 7.73. The number of anilines is 4. The van der Waals surface area contributed by atoms with Crippen molar-refractivity contribution in [1.29, 1.82) is 0 Å². The number of rotatable bonds is 5. The fourth-order valence-corrected chi connectivity index (χ4v) is 3.69. The van der Waals surface area contributed by atoms with Crippen LogP contribution in [0.1, 0.15) is 0 Å². The highest BCUT2D eigenvalue weighted by Crippen LogP contribution is 2.30. The molecule has 3 heterocycles. The molecule has 1 aliphatic heterocycles. The highest BCUT2D eigenvalue weighted by atomic mass is 16.5. The van der Waals surface area contributed by atoms with E-state index < -0.39 is 0 Å². The molecule has 1 saturated heterocycles. The molecule has 4 aromatic rings. The van der Waals surface area contributed by atoms with E-state index in [1.807, 2.05) is 42.6 Å². The number of hydrogen-bond donors (Lipinski definition) is 3. The quantitative estimate of drug-likeness (QED) is 0.426. The van der Waals surface area contributed by atoms with Crippen molar-refractivity contribution < 1.29 is 4.74 Å². The number of nitrogens with one attached hydrogen (secondary N) is 2. The molecule has 5 rings (SSSR count). The molecule has 0 radical (unpaired) electrons. The number of aromatic amines is 1. The van der Waals surface area contributed by atoms with Crippen LogP contribution in [0.15, 0.2) is 60.8 Å². The van der Waals surface area contributed by atoms with Gasteiger partial charge in [0, 0.05) is 55.5 Å². The Labute approximate surface area is 180 Å². The lowest BCUT2D eigenvalue weighted by Gasteiger charge is -2.34. The molecule has 1 fully saturated rings. The Balaban J connectivity index is 1.36. The summed E-state index contributed by atoms with van der Waals surface area (Å²) in [4.78, 5) is 17.1. The monoisotopic (exact) mass is 415 g/mol. The van der Waals surface area contributed by atoms with Crippen LogP contribution in [0.2, 0.25) is 0 Å². The van der Waals surface area contributed by atoms with Crippen LogP contribution < -0.4 is 20.7 Å². The van der Waals surface area contributed by atoms with Gasteiger partial charge in [0.05, 0.1) is 5.39 Å². The standard InChI is InChI=1S/C23H25N7O/c1-29-11-13-30(14-12-29)18-7-5-17(6-8-18)26-23-27-21-20(9-10-25-21)22(28-23)31-19-4-2-3-16(24)15-19/h2-10,15H,11-14,24H2,1H3,(H2,25,26,27,28). The van der Waals surface area contributed by atoms with Crippen LogP contribution in [0.25, 0.3) is 11.0 Å². The molecule has 2 aromatic heterocycles. The van der Waals surface area contributed by atoms with Crippen LogP contribution >= 0.6 is 0 Å². The molecule has 0 spiro atoms. The lowest BCUT2D eigenvalue weighted by molar-refractivity contribution is 0.313. The van der Waals surface area contributed by atoms with E-state index in [1.165, 1.54) is 5.69 Å². The molecular formula is C23H25N7O. The van der Waals surface area contributed by atoms with E-state index in [9.17, 15) is 0 Å². The van der Waals surface area contributed by atoms with E-state index in [4.69, 9.17) is 10.5 Å². The summed E-state index contributed by atoms with van der Waals surface area (Å²) in [6, 6.07) is 17.5. The van der Waals surface area contributed by atoms with Crippen LogP contribution in [-0.4, -0.2) is 53.1 Å². The maximum Gasteiger partial charge on any atom is 0.233 e. The number of H-pyrrole nitrogens is 1. The Kier molecular flexibility index (Phi) is 5.05. The maximum absolute atomic E-state index is 6.01.